The maximum absolute atomic E-state index is 14.8. The molecule has 0 heterocycles. The molecule has 4 nitrogen and oxygen atoms in total. The quantitative estimate of drug-likeness (QED) is 0.0927. The Morgan fingerprint density at radius 1 is 0.361 bits per heavy atom. The molecule has 8 aromatic rings. The van der Waals surface area contributed by atoms with Crippen molar-refractivity contribution in [1.29, 1.82) is 0 Å². The molecule has 8 rings (SSSR count). The summed E-state index contributed by atoms with van der Waals surface area (Å²) in [6, 6.07) is 74.4. The monoisotopic (exact) mass is 869 g/mol. The first kappa shape index (κ1) is 43.3. The van der Waals surface area contributed by atoms with E-state index in [2.05, 4.69) is 169 Å². The van der Waals surface area contributed by atoms with Crippen LogP contribution in [0.4, 0.5) is 0 Å². The summed E-state index contributed by atoms with van der Waals surface area (Å²) < 4.78 is 0. The molecule has 0 saturated carbocycles. The molecule has 0 aromatic heterocycles. The van der Waals surface area contributed by atoms with E-state index in [4.69, 9.17) is 0 Å². The molecule has 2 N–H and O–H groups in total. The van der Waals surface area contributed by atoms with Crippen LogP contribution in [0, 0.1) is 0 Å². The number of para-hydroxylation sites is 2. The van der Waals surface area contributed by atoms with Gasteiger partial charge in [-0.2, -0.15) is 0 Å². The molecule has 2 atom stereocenters. The Bertz CT molecular complexity index is 2340. The van der Waals surface area contributed by atoms with Gasteiger partial charge in [-0.1, -0.05) is 242 Å². The van der Waals surface area contributed by atoms with E-state index in [0.29, 0.717) is 13.1 Å². The van der Waals surface area contributed by atoms with E-state index < -0.39 is 16.1 Å². The van der Waals surface area contributed by atoms with Crippen LogP contribution in [0.3, 0.4) is 0 Å². The van der Waals surface area contributed by atoms with Gasteiger partial charge >= 0.3 is 17.1 Å². The van der Waals surface area contributed by atoms with Crippen LogP contribution in [0.5, 0.6) is 11.5 Å². The molecule has 0 fully saturated rings. The Kier molecular flexibility index (Phi) is 14.0. The SMILES string of the molecule is C[Si](c1ccccc1)(c1ccccc1)c1cccc(CN[C@H](c2ccccc2)[C@H](NCc2cccc([Si](C)(c3ccccc3)c3ccccc3)c2[O-])c2ccccc2)c1[O-].[Mn+2]. The Morgan fingerprint density at radius 3 is 0.902 bits per heavy atom. The molecule has 8 aromatic carbocycles. The van der Waals surface area contributed by atoms with E-state index in [1.165, 1.54) is 20.7 Å². The fourth-order valence-electron chi connectivity index (χ4n) is 8.89. The predicted octanol–water partition coefficient (Wildman–Crippen LogP) is 6.39. The first-order chi connectivity index (χ1) is 29.4. The van der Waals surface area contributed by atoms with E-state index in [0.717, 1.165) is 32.6 Å². The van der Waals surface area contributed by atoms with Crippen LogP contribution in [0.25, 0.3) is 0 Å². The Morgan fingerprint density at radius 2 is 0.623 bits per heavy atom. The largest absolute Gasteiger partial charge is 2.00 e. The van der Waals surface area contributed by atoms with Gasteiger partial charge < -0.3 is 20.8 Å². The van der Waals surface area contributed by atoms with E-state index in [1.54, 1.807) is 0 Å². The summed E-state index contributed by atoms with van der Waals surface area (Å²) in [6.45, 7) is 5.31. The van der Waals surface area contributed by atoms with Crippen molar-refractivity contribution < 1.29 is 27.3 Å². The van der Waals surface area contributed by atoms with Crippen molar-refractivity contribution in [3.63, 3.8) is 0 Å². The molecule has 7 heteroatoms. The zero-order valence-electron chi connectivity index (χ0n) is 34.5. The van der Waals surface area contributed by atoms with E-state index in [-0.39, 0.29) is 40.7 Å². The zero-order chi connectivity index (χ0) is 41.4. The molecule has 0 bridgehead atoms. The van der Waals surface area contributed by atoms with Crippen LogP contribution in [-0.4, -0.2) is 16.1 Å². The summed E-state index contributed by atoms with van der Waals surface area (Å²) >= 11 is 0. The average molecular weight is 870 g/mol. The van der Waals surface area contributed by atoms with Crippen LogP contribution < -0.4 is 52.0 Å². The first-order valence-corrected chi connectivity index (χ1v) is 25.8. The Balaban J connectivity index is 0.00000561. The number of hydrogen-bond donors (Lipinski definition) is 2. The number of rotatable bonds is 15. The standard InChI is InChI=1S/C54H52N2O2Si2.Mn/c1-59(45-29-13-5-14-30-45,46-31-15-6-16-32-46)49-37-21-27-43(53(49)57)39-55-51(41-23-9-3-10-24-41)52(42-25-11-4-12-26-42)56-40-44-28-22-38-50(54(44)58)60(2,47-33-17-7-18-34-47)48-35-19-8-20-36-48;/h3-38,51-52,55-58H,39-40H2,1-2H3;/q;+2/p-2/t51-,52-;/m1./s1. The second kappa shape index (κ2) is 19.7. The van der Waals surface area contributed by atoms with Gasteiger partial charge in [0.2, 0.25) is 0 Å². The summed E-state index contributed by atoms with van der Waals surface area (Å²) in [4.78, 5) is 0. The van der Waals surface area contributed by atoms with Gasteiger partial charge in [-0.05, 0) is 43.0 Å². The number of benzene rings is 8. The van der Waals surface area contributed by atoms with Gasteiger partial charge in [-0.15, -0.1) is 11.5 Å². The van der Waals surface area contributed by atoms with Crippen LogP contribution in [0.15, 0.2) is 218 Å². The van der Waals surface area contributed by atoms with Crippen molar-refractivity contribution in [2.45, 2.75) is 38.3 Å². The van der Waals surface area contributed by atoms with Crippen molar-refractivity contribution >= 4 is 47.3 Å². The predicted molar refractivity (Wildman–Crippen MR) is 251 cm³/mol. The minimum atomic E-state index is -2.65. The minimum Gasteiger partial charge on any atom is -0.872 e. The van der Waals surface area contributed by atoms with Crippen molar-refractivity contribution in [2.75, 3.05) is 0 Å². The summed E-state index contributed by atoms with van der Waals surface area (Å²) in [5, 5.41) is 43.8. The third-order valence-electron chi connectivity index (χ3n) is 12.4. The van der Waals surface area contributed by atoms with Crippen LogP contribution in [0.1, 0.15) is 34.3 Å². The van der Waals surface area contributed by atoms with Gasteiger partial charge in [0.15, 0.2) is 0 Å². The Labute approximate surface area is 373 Å². The van der Waals surface area contributed by atoms with Gasteiger partial charge in [0.05, 0.1) is 12.1 Å². The molecule has 0 aliphatic heterocycles. The molecular formula is C54H50MnN2O2Si2. The maximum atomic E-state index is 14.8. The minimum absolute atomic E-state index is 0. The summed E-state index contributed by atoms with van der Waals surface area (Å²) in [5.74, 6) is 0.166. The van der Waals surface area contributed by atoms with Gasteiger partial charge in [0, 0.05) is 13.1 Å². The summed E-state index contributed by atoms with van der Waals surface area (Å²) in [6.07, 6.45) is 0. The normalized spacial score (nSPS) is 12.6. The van der Waals surface area contributed by atoms with Gasteiger partial charge in [-0.25, -0.2) is 0 Å². The first-order valence-electron chi connectivity index (χ1n) is 20.8. The van der Waals surface area contributed by atoms with Gasteiger partial charge in [-0.3, -0.25) is 0 Å². The summed E-state index contributed by atoms with van der Waals surface area (Å²) in [7, 11) is -5.29. The second-order valence-electron chi connectivity index (χ2n) is 15.8. The molecule has 61 heavy (non-hydrogen) atoms. The number of hydrogen-bond acceptors (Lipinski definition) is 4. The van der Waals surface area contributed by atoms with E-state index in [9.17, 15) is 10.2 Å². The zero-order valence-corrected chi connectivity index (χ0v) is 37.7. The third-order valence-corrected chi connectivity index (χ3v) is 21.2. The van der Waals surface area contributed by atoms with Crippen LogP contribution >= 0.6 is 0 Å². The van der Waals surface area contributed by atoms with Gasteiger partial charge in [0.25, 0.3) is 0 Å². The average Bonchev–Trinajstić information content (AvgIpc) is 3.32. The molecule has 0 aliphatic carbocycles. The molecular weight excluding hydrogens is 820 g/mol. The van der Waals surface area contributed by atoms with Crippen molar-refractivity contribution in [3.05, 3.63) is 241 Å². The maximum Gasteiger partial charge on any atom is 2.00 e. The van der Waals surface area contributed by atoms with Gasteiger partial charge in [0.1, 0.15) is 16.1 Å². The molecule has 0 unspecified atom stereocenters. The van der Waals surface area contributed by atoms with E-state index in [1.807, 2.05) is 72.8 Å². The molecule has 0 amide bonds. The third kappa shape index (κ3) is 9.00. The smallest absolute Gasteiger partial charge is 0.872 e. The van der Waals surface area contributed by atoms with Crippen molar-refractivity contribution in [1.82, 2.24) is 10.6 Å². The van der Waals surface area contributed by atoms with E-state index >= 15 is 0 Å². The second-order valence-corrected chi connectivity index (χ2v) is 23.7. The summed E-state index contributed by atoms with van der Waals surface area (Å²) in [5.41, 5.74) is 3.62. The molecule has 303 valence electrons. The molecule has 0 spiro atoms. The topological polar surface area (TPSA) is 70.2 Å². The fraction of sp³-hybridized carbons (Fsp3) is 0.111. The van der Waals surface area contributed by atoms with Crippen LogP contribution in [0.2, 0.25) is 13.1 Å². The fourth-order valence-corrected chi connectivity index (χ4v) is 16.3. The molecule has 0 aliphatic rings. The Hall–Kier alpha value is -5.77. The van der Waals surface area contributed by atoms with Crippen molar-refractivity contribution in [3.8, 4) is 11.5 Å². The number of nitrogens with one attached hydrogen (secondary N) is 2. The molecule has 0 saturated heterocycles. The van der Waals surface area contributed by atoms with Crippen molar-refractivity contribution in [2.24, 2.45) is 0 Å². The molecule has 1 radical (unpaired) electrons. The van der Waals surface area contributed by atoms with Crippen LogP contribution in [-0.2, 0) is 30.2 Å².